The van der Waals surface area contributed by atoms with E-state index in [4.69, 9.17) is 4.74 Å². The van der Waals surface area contributed by atoms with E-state index < -0.39 is 28.5 Å². The van der Waals surface area contributed by atoms with E-state index >= 15 is 0 Å². The molecule has 3 aromatic rings. The van der Waals surface area contributed by atoms with Crippen molar-refractivity contribution in [2.45, 2.75) is 51.6 Å². The van der Waals surface area contributed by atoms with Crippen LogP contribution in [0.3, 0.4) is 0 Å². The highest BCUT2D eigenvalue weighted by Gasteiger charge is 2.34. The summed E-state index contributed by atoms with van der Waals surface area (Å²) in [6.07, 6.45) is 0.364. The Morgan fingerprint density at radius 3 is 2.23 bits per heavy atom. The first-order valence-corrected chi connectivity index (χ1v) is 14.4. The van der Waals surface area contributed by atoms with Crippen molar-refractivity contribution in [3.8, 4) is 5.75 Å². The maximum Gasteiger partial charge on any atom is 0.264 e. The first-order valence-electron chi connectivity index (χ1n) is 13.0. The van der Waals surface area contributed by atoms with Crippen molar-refractivity contribution in [3.63, 3.8) is 0 Å². The van der Waals surface area contributed by atoms with Crippen molar-refractivity contribution < 1.29 is 22.7 Å². The monoisotopic (exact) mass is 551 g/mol. The first-order chi connectivity index (χ1) is 18.6. The molecule has 1 atom stereocenters. The number of hydrogen-bond acceptors (Lipinski definition) is 5. The van der Waals surface area contributed by atoms with Gasteiger partial charge in [0.1, 0.15) is 18.3 Å². The van der Waals surface area contributed by atoms with Gasteiger partial charge in [-0.25, -0.2) is 8.42 Å². The van der Waals surface area contributed by atoms with Crippen molar-refractivity contribution in [2.75, 3.05) is 24.5 Å². The van der Waals surface area contributed by atoms with Crippen LogP contribution in [0.4, 0.5) is 5.69 Å². The van der Waals surface area contributed by atoms with Crippen molar-refractivity contribution in [1.29, 1.82) is 0 Å². The van der Waals surface area contributed by atoms with Crippen LogP contribution in [-0.2, 0) is 26.2 Å². The summed E-state index contributed by atoms with van der Waals surface area (Å²) in [6, 6.07) is 20.0. The largest absolute Gasteiger partial charge is 0.495 e. The molecule has 39 heavy (non-hydrogen) atoms. The molecular weight excluding hydrogens is 514 g/mol. The van der Waals surface area contributed by atoms with E-state index in [-0.39, 0.29) is 23.0 Å². The van der Waals surface area contributed by atoms with Crippen molar-refractivity contribution in [3.05, 3.63) is 89.5 Å². The SMILES string of the molecule is CCNC(=O)[C@@H](CC)N(Cc1cccc(C)c1)C(=O)CN(c1ccccc1OC)S(=O)(=O)c1ccc(C)cc1. The third-order valence-electron chi connectivity index (χ3n) is 6.41. The highest BCUT2D eigenvalue weighted by atomic mass is 32.2. The van der Waals surface area contributed by atoms with E-state index in [1.165, 1.54) is 24.1 Å². The molecule has 0 radical (unpaired) electrons. The number of aryl methyl sites for hydroxylation is 2. The summed E-state index contributed by atoms with van der Waals surface area (Å²) in [5, 5.41) is 2.81. The molecule has 0 saturated heterocycles. The summed E-state index contributed by atoms with van der Waals surface area (Å²) in [4.78, 5) is 28.6. The van der Waals surface area contributed by atoms with Crippen LogP contribution < -0.4 is 14.4 Å². The molecule has 1 N–H and O–H groups in total. The molecule has 0 saturated carbocycles. The number of para-hydroxylation sites is 2. The fourth-order valence-corrected chi connectivity index (χ4v) is 5.83. The van der Waals surface area contributed by atoms with Gasteiger partial charge in [0.2, 0.25) is 11.8 Å². The Morgan fingerprint density at radius 2 is 1.62 bits per heavy atom. The fourth-order valence-electron chi connectivity index (χ4n) is 4.41. The summed E-state index contributed by atoms with van der Waals surface area (Å²) in [5.74, 6) is -0.482. The van der Waals surface area contributed by atoms with Crippen molar-refractivity contribution >= 4 is 27.5 Å². The van der Waals surface area contributed by atoms with Crippen LogP contribution in [0.1, 0.15) is 37.0 Å². The van der Waals surface area contributed by atoms with E-state index in [2.05, 4.69) is 5.32 Å². The van der Waals surface area contributed by atoms with Gasteiger partial charge in [0.05, 0.1) is 17.7 Å². The Hall–Kier alpha value is -3.85. The molecule has 0 heterocycles. The molecule has 3 rings (SSSR count). The molecule has 208 valence electrons. The lowest BCUT2D eigenvalue weighted by atomic mass is 10.1. The van der Waals surface area contributed by atoms with E-state index in [1.54, 1.807) is 36.4 Å². The Labute approximate surface area is 231 Å². The summed E-state index contributed by atoms with van der Waals surface area (Å²) in [5.41, 5.74) is 3.00. The number of likely N-dealkylation sites (N-methyl/N-ethyl adjacent to an activating group) is 1. The quantitative estimate of drug-likeness (QED) is 0.359. The number of carbonyl (C=O) groups excluding carboxylic acids is 2. The van der Waals surface area contributed by atoms with E-state index in [0.29, 0.717) is 18.7 Å². The number of carbonyl (C=O) groups is 2. The minimum absolute atomic E-state index is 0.0489. The molecule has 0 aliphatic heterocycles. The lowest BCUT2D eigenvalue weighted by molar-refractivity contribution is -0.140. The zero-order chi connectivity index (χ0) is 28.6. The van der Waals surface area contributed by atoms with Crippen molar-refractivity contribution in [2.24, 2.45) is 0 Å². The molecule has 0 spiro atoms. The second-order valence-corrected chi connectivity index (χ2v) is 11.2. The molecule has 9 heteroatoms. The lowest BCUT2D eigenvalue weighted by Gasteiger charge is -2.33. The van der Waals surface area contributed by atoms with E-state index in [1.807, 2.05) is 52.0 Å². The Balaban J connectivity index is 2.10. The number of ether oxygens (including phenoxy) is 1. The number of nitrogens with zero attached hydrogens (tertiary/aromatic N) is 2. The van der Waals surface area contributed by atoms with Gasteiger partial charge in [-0.15, -0.1) is 0 Å². The van der Waals surface area contributed by atoms with Gasteiger partial charge in [0.15, 0.2) is 0 Å². The number of nitrogens with one attached hydrogen (secondary N) is 1. The van der Waals surface area contributed by atoms with Gasteiger partial charge in [-0.1, -0.05) is 66.6 Å². The fraction of sp³-hybridized carbons (Fsp3) is 0.333. The van der Waals surface area contributed by atoms with Crippen LogP contribution in [0.25, 0.3) is 0 Å². The van der Waals surface area contributed by atoms with Crippen molar-refractivity contribution in [1.82, 2.24) is 10.2 Å². The number of rotatable bonds is 12. The van der Waals surface area contributed by atoms with E-state index in [0.717, 1.165) is 21.0 Å². The first kappa shape index (κ1) is 29.7. The van der Waals surface area contributed by atoms with Crippen LogP contribution in [-0.4, -0.2) is 51.4 Å². The predicted molar refractivity (Wildman–Crippen MR) is 153 cm³/mol. The molecule has 0 bridgehead atoms. The Bertz CT molecular complexity index is 1390. The number of amides is 2. The van der Waals surface area contributed by atoms with Gasteiger partial charge < -0.3 is 15.0 Å². The minimum Gasteiger partial charge on any atom is -0.495 e. The second kappa shape index (κ2) is 13.3. The summed E-state index contributed by atoms with van der Waals surface area (Å²) < 4.78 is 34.5. The van der Waals surface area contributed by atoms with Crippen LogP contribution in [0.5, 0.6) is 5.75 Å². The van der Waals surface area contributed by atoms with Gasteiger partial charge in [0.25, 0.3) is 10.0 Å². The maximum absolute atomic E-state index is 14.1. The highest BCUT2D eigenvalue weighted by Crippen LogP contribution is 2.32. The predicted octanol–water partition coefficient (Wildman–Crippen LogP) is 4.45. The third-order valence-corrected chi connectivity index (χ3v) is 8.19. The molecule has 0 aliphatic rings. The molecule has 8 nitrogen and oxygen atoms in total. The van der Waals surface area contributed by atoms with Crippen LogP contribution in [0.15, 0.2) is 77.7 Å². The molecule has 0 aromatic heterocycles. The topological polar surface area (TPSA) is 96.0 Å². The molecule has 2 amide bonds. The van der Waals surface area contributed by atoms with Crippen LogP contribution >= 0.6 is 0 Å². The summed E-state index contributed by atoms with van der Waals surface area (Å²) in [6.45, 7) is 7.52. The Kier molecular flexibility index (Phi) is 10.1. The van der Waals surface area contributed by atoms with Gasteiger partial charge >= 0.3 is 0 Å². The van der Waals surface area contributed by atoms with Gasteiger partial charge in [-0.05, 0) is 57.0 Å². The summed E-state index contributed by atoms with van der Waals surface area (Å²) in [7, 11) is -2.72. The maximum atomic E-state index is 14.1. The zero-order valence-electron chi connectivity index (χ0n) is 23.2. The molecular formula is C30H37N3O5S. The van der Waals surface area contributed by atoms with Gasteiger partial charge in [0, 0.05) is 13.1 Å². The molecule has 0 unspecified atom stereocenters. The average Bonchev–Trinajstić information content (AvgIpc) is 2.91. The standard InChI is InChI=1S/C30H37N3O5S/c1-6-26(30(35)31-7-2)32(20-24-12-10-11-23(4)19-24)29(34)21-33(27-13-8-9-14-28(27)38-5)39(36,37)25-17-15-22(3)16-18-25/h8-19,26H,6-7,20-21H2,1-5H3,(H,31,35)/t26-/m1/s1. The molecule has 0 fully saturated rings. The van der Waals surface area contributed by atoms with Crippen LogP contribution in [0.2, 0.25) is 0 Å². The normalized spacial score (nSPS) is 11.9. The third kappa shape index (κ3) is 7.17. The molecule has 3 aromatic carbocycles. The van der Waals surface area contributed by atoms with E-state index in [9.17, 15) is 18.0 Å². The highest BCUT2D eigenvalue weighted by molar-refractivity contribution is 7.92. The number of methoxy groups -OCH3 is 1. The number of anilines is 1. The second-order valence-electron chi connectivity index (χ2n) is 9.33. The lowest BCUT2D eigenvalue weighted by Crippen LogP contribution is -2.52. The van der Waals surface area contributed by atoms with Gasteiger partial charge in [-0.2, -0.15) is 0 Å². The minimum atomic E-state index is -4.17. The van der Waals surface area contributed by atoms with Gasteiger partial charge in [-0.3, -0.25) is 13.9 Å². The number of sulfonamides is 1. The smallest absolute Gasteiger partial charge is 0.264 e. The summed E-state index contributed by atoms with van der Waals surface area (Å²) >= 11 is 0. The average molecular weight is 552 g/mol. The molecule has 0 aliphatic carbocycles. The zero-order valence-corrected chi connectivity index (χ0v) is 24.0. The Morgan fingerprint density at radius 1 is 0.923 bits per heavy atom. The number of hydrogen-bond donors (Lipinski definition) is 1. The van der Waals surface area contributed by atoms with Crippen LogP contribution in [0, 0.1) is 13.8 Å². The number of benzene rings is 3.